The van der Waals surface area contributed by atoms with Crippen LogP contribution in [-0.4, -0.2) is 18.2 Å². The van der Waals surface area contributed by atoms with Gasteiger partial charge < -0.3 is 10.1 Å². The number of carbonyl (C=O) groups is 1. The van der Waals surface area contributed by atoms with E-state index >= 15 is 0 Å². The van der Waals surface area contributed by atoms with Crippen molar-refractivity contribution in [1.29, 1.82) is 0 Å². The van der Waals surface area contributed by atoms with Gasteiger partial charge in [-0.2, -0.15) is 0 Å². The molecule has 3 nitrogen and oxygen atoms in total. The fourth-order valence-corrected chi connectivity index (χ4v) is 1.55. The first kappa shape index (κ1) is 17.1. The SMILES string of the molecule is CC(C)(C)OC(=O)NCC(=CF)Cc1ccc(F)cc1F. The van der Waals surface area contributed by atoms with Gasteiger partial charge in [-0.15, -0.1) is 0 Å². The van der Waals surface area contributed by atoms with Crippen LogP contribution in [0.25, 0.3) is 0 Å². The van der Waals surface area contributed by atoms with Gasteiger partial charge in [-0.1, -0.05) is 6.07 Å². The molecule has 0 aliphatic carbocycles. The molecule has 0 aliphatic heterocycles. The minimum Gasteiger partial charge on any atom is -0.444 e. The molecule has 0 unspecified atom stereocenters. The van der Waals surface area contributed by atoms with E-state index in [0.717, 1.165) is 12.1 Å². The number of carbonyl (C=O) groups excluding carboxylic acids is 1. The second kappa shape index (κ2) is 7.15. The zero-order valence-corrected chi connectivity index (χ0v) is 12.2. The predicted octanol–water partition coefficient (Wildman–Crippen LogP) is 3.89. The summed E-state index contributed by atoms with van der Waals surface area (Å²) in [4.78, 5) is 11.4. The van der Waals surface area contributed by atoms with Crippen LogP contribution in [0.15, 0.2) is 30.1 Å². The second-order valence-electron chi connectivity index (χ2n) is 5.54. The molecule has 0 bridgehead atoms. The summed E-state index contributed by atoms with van der Waals surface area (Å²) < 4.78 is 44.0. The van der Waals surface area contributed by atoms with E-state index in [1.54, 1.807) is 20.8 Å². The van der Waals surface area contributed by atoms with Crippen LogP contribution >= 0.6 is 0 Å². The maximum Gasteiger partial charge on any atom is 0.407 e. The molecule has 0 fully saturated rings. The van der Waals surface area contributed by atoms with Crippen LogP contribution in [0.2, 0.25) is 0 Å². The summed E-state index contributed by atoms with van der Waals surface area (Å²) in [6.07, 6.45) is -0.472. The zero-order chi connectivity index (χ0) is 16.0. The Balaban J connectivity index is 2.59. The summed E-state index contributed by atoms with van der Waals surface area (Å²) in [7, 11) is 0. The lowest BCUT2D eigenvalue weighted by molar-refractivity contribution is 0.0532. The summed E-state index contributed by atoms with van der Waals surface area (Å²) >= 11 is 0. The highest BCUT2D eigenvalue weighted by atomic mass is 19.1. The number of hydrogen-bond donors (Lipinski definition) is 1. The van der Waals surface area contributed by atoms with Gasteiger partial charge in [0.15, 0.2) is 0 Å². The van der Waals surface area contributed by atoms with Gasteiger partial charge in [-0.3, -0.25) is 0 Å². The quantitative estimate of drug-likeness (QED) is 0.916. The molecule has 6 heteroatoms. The van der Waals surface area contributed by atoms with Crippen molar-refractivity contribution in [2.45, 2.75) is 32.8 Å². The van der Waals surface area contributed by atoms with Crippen LogP contribution < -0.4 is 5.32 Å². The number of nitrogens with one attached hydrogen (secondary N) is 1. The van der Waals surface area contributed by atoms with Crippen molar-refractivity contribution in [3.05, 3.63) is 47.3 Å². The minimum absolute atomic E-state index is 0.0710. The van der Waals surface area contributed by atoms with Gasteiger partial charge in [0, 0.05) is 19.0 Å². The smallest absolute Gasteiger partial charge is 0.407 e. The van der Waals surface area contributed by atoms with Gasteiger partial charge >= 0.3 is 6.09 Å². The molecule has 0 saturated carbocycles. The first-order valence-electron chi connectivity index (χ1n) is 6.40. The molecule has 0 aliphatic rings. The average Bonchev–Trinajstić information content (AvgIpc) is 2.34. The van der Waals surface area contributed by atoms with Crippen molar-refractivity contribution in [3.63, 3.8) is 0 Å². The third-order valence-corrected chi connectivity index (χ3v) is 2.45. The lowest BCUT2D eigenvalue weighted by Gasteiger charge is -2.20. The Labute approximate surface area is 121 Å². The molecule has 0 atom stereocenters. The van der Waals surface area contributed by atoms with Crippen molar-refractivity contribution in [2.75, 3.05) is 6.54 Å². The molecule has 0 aromatic heterocycles. The average molecular weight is 301 g/mol. The summed E-state index contributed by atoms with van der Waals surface area (Å²) in [5.41, 5.74) is -0.370. The molecule has 1 aromatic rings. The van der Waals surface area contributed by atoms with Crippen molar-refractivity contribution >= 4 is 6.09 Å². The largest absolute Gasteiger partial charge is 0.444 e. The van der Waals surface area contributed by atoms with E-state index in [1.807, 2.05) is 0 Å². The van der Waals surface area contributed by atoms with Crippen LogP contribution in [0.5, 0.6) is 0 Å². The zero-order valence-electron chi connectivity index (χ0n) is 12.2. The van der Waals surface area contributed by atoms with Gasteiger partial charge in [0.2, 0.25) is 0 Å². The number of alkyl carbamates (subject to hydrolysis) is 1. The number of rotatable bonds is 4. The number of hydrogen-bond acceptors (Lipinski definition) is 2. The normalized spacial score (nSPS) is 12.2. The Kier molecular flexibility index (Phi) is 5.81. The fraction of sp³-hybridized carbons (Fsp3) is 0.400. The maximum absolute atomic E-state index is 13.5. The summed E-state index contributed by atoms with van der Waals surface area (Å²) in [5.74, 6) is -1.46. The Morgan fingerprint density at radius 1 is 1.33 bits per heavy atom. The molecule has 0 heterocycles. The standard InChI is InChI=1S/C15H18F3NO2/c1-15(2,3)21-14(20)19-9-10(8-16)6-11-4-5-12(17)7-13(11)18/h4-5,7-8H,6,9H2,1-3H3,(H,19,20). The second-order valence-corrected chi connectivity index (χ2v) is 5.54. The number of benzene rings is 1. The van der Waals surface area contributed by atoms with Gasteiger partial charge in [0.05, 0.1) is 6.33 Å². The summed E-state index contributed by atoms with van der Waals surface area (Å²) in [5, 5.41) is 2.38. The molecule has 0 radical (unpaired) electrons. The van der Waals surface area contributed by atoms with Crippen LogP contribution in [0, 0.1) is 11.6 Å². The lowest BCUT2D eigenvalue weighted by atomic mass is 10.1. The molecule has 1 aromatic carbocycles. The van der Waals surface area contributed by atoms with Crippen LogP contribution in [0.1, 0.15) is 26.3 Å². The fourth-order valence-electron chi connectivity index (χ4n) is 1.55. The number of halogens is 3. The molecule has 1 rings (SSSR count). The van der Waals surface area contributed by atoms with Gasteiger partial charge in [0.1, 0.15) is 17.2 Å². The Hall–Kier alpha value is -1.98. The van der Waals surface area contributed by atoms with Crippen LogP contribution in [0.4, 0.5) is 18.0 Å². The Morgan fingerprint density at radius 3 is 2.52 bits per heavy atom. The van der Waals surface area contributed by atoms with Crippen molar-refractivity contribution in [3.8, 4) is 0 Å². The van der Waals surface area contributed by atoms with Gasteiger partial charge in [-0.05, 0) is 38.0 Å². The van der Waals surface area contributed by atoms with E-state index in [2.05, 4.69) is 5.32 Å². The highest BCUT2D eigenvalue weighted by Crippen LogP contribution is 2.14. The van der Waals surface area contributed by atoms with Crippen molar-refractivity contribution < 1.29 is 22.7 Å². The molecular formula is C15H18F3NO2. The summed E-state index contributed by atoms with van der Waals surface area (Å²) in [6, 6.07) is 3.06. The van der Waals surface area contributed by atoms with E-state index in [9.17, 15) is 18.0 Å². The van der Waals surface area contributed by atoms with Gasteiger partial charge in [0.25, 0.3) is 0 Å². The lowest BCUT2D eigenvalue weighted by Crippen LogP contribution is -2.33. The third kappa shape index (κ3) is 6.33. The molecule has 116 valence electrons. The Morgan fingerprint density at radius 2 is 2.00 bits per heavy atom. The highest BCUT2D eigenvalue weighted by Gasteiger charge is 2.16. The minimum atomic E-state index is -0.758. The Bertz CT molecular complexity index is 536. The molecule has 1 N–H and O–H groups in total. The number of amides is 1. The van der Waals surface area contributed by atoms with Crippen molar-refractivity contribution in [2.24, 2.45) is 0 Å². The predicted molar refractivity (Wildman–Crippen MR) is 73.5 cm³/mol. The third-order valence-electron chi connectivity index (χ3n) is 2.45. The van der Waals surface area contributed by atoms with E-state index in [4.69, 9.17) is 4.74 Å². The van der Waals surface area contributed by atoms with E-state index in [1.165, 1.54) is 6.07 Å². The number of ether oxygens (including phenoxy) is 1. The van der Waals surface area contributed by atoms with Crippen molar-refractivity contribution in [1.82, 2.24) is 5.32 Å². The highest BCUT2D eigenvalue weighted by molar-refractivity contribution is 5.68. The van der Waals surface area contributed by atoms with Crippen LogP contribution in [-0.2, 0) is 11.2 Å². The first-order valence-corrected chi connectivity index (χ1v) is 6.40. The molecule has 21 heavy (non-hydrogen) atoms. The van der Waals surface area contributed by atoms with Crippen LogP contribution in [0.3, 0.4) is 0 Å². The molecule has 0 spiro atoms. The van der Waals surface area contributed by atoms with E-state index in [-0.39, 0.29) is 24.1 Å². The molecular weight excluding hydrogens is 283 g/mol. The maximum atomic E-state index is 13.5. The van der Waals surface area contributed by atoms with E-state index in [0.29, 0.717) is 6.33 Å². The molecule has 0 saturated heterocycles. The first-order chi connectivity index (χ1) is 9.71. The summed E-state index contributed by atoms with van der Waals surface area (Å²) in [6.45, 7) is 4.98. The molecule has 1 amide bonds. The topological polar surface area (TPSA) is 38.3 Å². The van der Waals surface area contributed by atoms with E-state index < -0.39 is 23.3 Å². The monoisotopic (exact) mass is 301 g/mol. The van der Waals surface area contributed by atoms with Gasteiger partial charge in [-0.25, -0.2) is 18.0 Å².